The summed E-state index contributed by atoms with van der Waals surface area (Å²) in [6.07, 6.45) is 2.12. The van der Waals surface area contributed by atoms with Crippen molar-refractivity contribution in [3.8, 4) is 0 Å². The molecule has 1 aromatic rings. The summed E-state index contributed by atoms with van der Waals surface area (Å²) in [5.74, 6) is -0.519. The molecule has 0 bridgehead atoms. The van der Waals surface area contributed by atoms with Crippen molar-refractivity contribution in [1.29, 1.82) is 0 Å². The van der Waals surface area contributed by atoms with Crippen LogP contribution in [0.2, 0.25) is 0 Å². The molecule has 1 amide bonds. The summed E-state index contributed by atoms with van der Waals surface area (Å²) in [6.45, 7) is 0. The minimum absolute atomic E-state index is 0.00393. The van der Waals surface area contributed by atoms with Crippen molar-refractivity contribution in [2.75, 3.05) is 5.75 Å². The van der Waals surface area contributed by atoms with Gasteiger partial charge in [-0.1, -0.05) is 11.8 Å². The van der Waals surface area contributed by atoms with Gasteiger partial charge in [0.2, 0.25) is 5.91 Å². The third-order valence-electron chi connectivity index (χ3n) is 2.64. The summed E-state index contributed by atoms with van der Waals surface area (Å²) < 4.78 is 0.802. The second-order valence-electron chi connectivity index (χ2n) is 3.71. The molecule has 1 saturated heterocycles. The van der Waals surface area contributed by atoms with Crippen LogP contribution < -0.4 is 0 Å². The molecule has 18 heavy (non-hydrogen) atoms. The van der Waals surface area contributed by atoms with Gasteiger partial charge in [0, 0.05) is 22.2 Å². The molecule has 0 aliphatic carbocycles. The van der Waals surface area contributed by atoms with Crippen LogP contribution in [0.5, 0.6) is 0 Å². The summed E-state index contributed by atoms with van der Waals surface area (Å²) in [7, 11) is 0. The van der Waals surface area contributed by atoms with Crippen molar-refractivity contribution in [3.05, 3.63) is 22.2 Å². The van der Waals surface area contributed by atoms with E-state index in [9.17, 15) is 14.7 Å². The summed E-state index contributed by atoms with van der Waals surface area (Å²) >= 11 is 4.41. The Morgan fingerprint density at radius 1 is 1.61 bits per heavy atom. The maximum atomic E-state index is 11.5. The van der Waals surface area contributed by atoms with Crippen molar-refractivity contribution in [2.24, 2.45) is 0 Å². The van der Waals surface area contributed by atoms with Gasteiger partial charge in [0.1, 0.15) is 5.70 Å². The predicted octanol–water partition coefficient (Wildman–Crippen LogP) is 1.84. The predicted molar refractivity (Wildman–Crippen MR) is 70.3 cm³/mol. The van der Waals surface area contributed by atoms with Crippen LogP contribution in [-0.4, -0.2) is 38.0 Å². The molecule has 0 saturated carbocycles. The molecule has 8 heteroatoms. The van der Waals surface area contributed by atoms with Gasteiger partial charge in [-0.25, -0.2) is 9.78 Å². The first-order chi connectivity index (χ1) is 8.66. The molecule has 0 spiro atoms. The number of carbonyl (C=O) groups excluding carboxylic acids is 1. The second-order valence-corrected chi connectivity index (χ2v) is 7.11. The van der Waals surface area contributed by atoms with Crippen molar-refractivity contribution >= 4 is 46.7 Å². The number of β-lactam (4-membered cyclic amide) rings is 1. The molecule has 1 fully saturated rings. The smallest absolute Gasteiger partial charge is 0.353 e. The number of rotatable bonds is 3. The average Bonchev–Trinajstić information content (AvgIpc) is 2.81. The van der Waals surface area contributed by atoms with E-state index >= 15 is 0 Å². The number of aliphatic carboxylic acids is 1. The van der Waals surface area contributed by atoms with E-state index < -0.39 is 5.97 Å². The van der Waals surface area contributed by atoms with Crippen LogP contribution in [0.4, 0.5) is 0 Å². The summed E-state index contributed by atoms with van der Waals surface area (Å²) in [4.78, 5) is 29.1. The molecule has 1 N–H and O–H groups in total. The van der Waals surface area contributed by atoms with Gasteiger partial charge in [-0.15, -0.1) is 23.1 Å². The van der Waals surface area contributed by atoms with Gasteiger partial charge in [-0.05, 0) is 0 Å². The van der Waals surface area contributed by atoms with E-state index in [0.29, 0.717) is 17.1 Å². The average molecular weight is 300 g/mol. The SMILES string of the molecule is O=C(O)C1=C(Sc2nccs2)CSC2CC(=O)N12. The Morgan fingerprint density at radius 3 is 3.06 bits per heavy atom. The van der Waals surface area contributed by atoms with E-state index in [1.54, 1.807) is 18.0 Å². The molecule has 0 aromatic carbocycles. The highest BCUT2D eigenvalue weighted by Gasteiger charge is 2.45. The Balaban J connectivity index is 1.95. The van der Waals surface area contributed by atoms with Gasteiger partial charge in [0.25, 0.3) is 0 Å². The third kappa shape index (κ3) is 1.94. The Bertz CT molecular complexity index is 541. The third-order valence-corrected chi connectivity index (χ3v) is 6.01. The van der Waals surface area contributed by atoms with Crippen LogP contribution in [0.3, 0.4) is 0 Å². The fourth-order valence-electron chi connectivity index (χ4n) is 1.83. The Labute approximate surface area is 115 Å². The molecule has 3 rings (SSSR count). The number of fused-ring (bicyclic) bond motifs is 1. The van der Waals surface area contributed by atoms with Crippen LogP contribution in [-0.2, 0) is 9.59 Å². The van der Waals surface area contributed by atoms with Gasteiger partial charge in [-0.2, -0.15) is 0 Å². The van der Waals surface area contributed by atoms with Gasteiger partial charge in [0.15, 0.2) is 4.34 Å². The Hall–Kier alpha value is -0.990. The molecule has 1 aromatic heterocycles. The summed E-state index contributed by atoms with van der Waals surface area (Å²) in [5.41, 5.74) is 0.134. The Kier molecular flexibility index (Phi) is 3.08. The largest absolute Gasteiger partial charge is 0.477 e. The van der Waals surface area contributed by atoms with Crippen LogP contribution in [0.1, 0.15) is 6.42 Å². The fourth-order valence-corrected chi connectivity index (χ4v) is 5.01. The van der Waals surface area contributed by atoms with Crippen LogP contribution in [0, 0.1) is 0 Å². The number of hydrogen-bond donors (Lipinski definition) is 1. The molecule has 3 heterocycles. The fraction of sp³-hybridized carbons (Fsp3) is 0.300. The van der Waals surface area contributed by atoms with Crippen LogP contribution in [0.15, 0.2) is 26.5 Å². The molecule has 1 unspecified atom stereocenters. The summed E-state index contributed by atoms with van der Waals surface area (Å²) in [5, 5.41) is 11.1. The first-order valence-corrected chi connectivity index (χ1v) is 7.89. The van der Waals surface area contributed by atoms with Gasteiger partial charge >= 0.3 is 5.97 Å². The van der Waals surface area contributed by atoms with Crippen molar-refractivity contribution in [2.45, 2.75) is 16.1 Å². The summed E-state index contributed by atoms with van der Waals surface area (Å²) in [6, 6.07) is 0. The number of carbonyl (C=O) groups is 2. The zero-order chi connectivity index (χ0) is 12.7. The molecule has 94 valence electrons. The van der Waals surface area contributed by atoms with E-state index in [-0.39, 0.29) is 17.0 Å². The zero-order valence-electron chi connectivity index (χ0n) is 9.03. The van der Waals surface area contributed by atoms with Gasteiger partial charge in [-0.3, -0.25) is 9.69 Å². The Morgan fingerprint density at radius 2 is 2.44 bits per heavy atom. The van der Waals surface area contributed by atoms with Crippen LogP contribution in [0.25, 0.3) is 0 Å². The number of nitrogens with zero attached hydrogens (tertiary/aromatic N) is 2. The minimum Gasteiger partial charge on any atom is -0.477 e. The molecule has 2 aliphatic rings. The number of aromatic nitrogens is 1. The van der Waals surface area contributed by atoms with Gasteiger partial charge < -0.3 is 5.11 Å². The lowest BCUT2D eigenvalue weighted by molar-refractivity contribution is -0.146. The molecule has 0 radical (unpaired) electrons. The first kappa shape index (κ1) is 12.1. The normalized spacial score (nSPS) is 22.8. The number of amides is 1. The number of hydrogen-bond acceptors (Lipinski definition) is 6. The van der Waals surface area contributed by atoms with E-state index in [2.05, 4.69) is 4.98 Å². The zero-order valence-corrected chi connectivity index (χ0v) is 11.5. The molecule has 5 nitrogen and oxygen atoms in total. The number of carboxylic acids is 1. The lowest BCUT2D eigenvalue weighted by Crippen LogP contribution is -2.53. The molecule has 2 aliphatic heterocycles. The number of thioether (sulfide) groups is 2. The van der Waals surface area contributed by atoms with Crippen molar-refractivity contribution in [1.82, 2.24) is 9.88 Å². The quantitative estimate of drug-likeness (QED) is 0.859. The highest BCUT2D eigenvalue weighted by molar-refractivity contribution is 8.07. The molecular formula is C10H8N2O3S3. The first-order valence-electron chi connectivity index (χ1n) is 5.14. The van der Waals surface area contributed by atoms with Crippen LogP contribution >= 0.6 is 34.9 Å². The lowest BCUT2D eigenvalue weighted by atomic mass is 10.1. The minimum atomic E-state index is -1.03. The lowest BCUT2D eigenvalue weighted by Gasteiger charge is -2.43. The monoisotopic (exact) mass is 300 g/mol. The number of carboxylic acid groups (broad SMARTS) is 1. The van der Waals surface area contributed by atoms with E-state index in [0.717, 1.165) is 4.34 Å². The molecular weight excluding hydrogens is 292 g/mol. The van der Waals surface area contributed by atoms with Gasteiger partial charge in [0.05, 0.1) is 11.8 Å². The highest BCUT2D eigenvalue weighted by atomic mass is 32.2. The maximum Gasteiger partial charge on any atom is 0.353 e. The van der Waals surface area contributed by atoms with Crippen molar-refractivity contribution in [3.63, 3.8) is 0 Å². The molecule has 1 atom stereocenters. The standard InChI is InChI=1S/C10H8N2O3S3/c13-6-3-7-12(6)8(9(14)15)5(4-17-7)18-10-11-1-2-16-10/h1-2,7H,3-4H2,(H,14,15). The van der Waals surface area contributed by atoms with E-state index in [1.165, 1.54) is 28.0 Å². The topological polar surface area (TPSA) is 70.5 Å². The second kappa shape index (κ2) is 4.60. The maximum absolute atomic E-state index is 11.5. The van der Waals surface area contributed by atoms with E-state index in [1.807, 2.05) is 5.38 Å². The van der Waals surface area contributed by atoms with Crippen molar-refractivity contribution < 1.29 is 14.7 Å². The highest BCUT2D eigenvalue weighted by Crippen LogP contribution is 2.45. The van der Waals surface area contributed by atoms with E-state index in [4.69, 9.17) is 0 Å². The number of thiazole rings is 1.